The summed E-state index contributed by atoms with van der Waals surface area (Å²) in [4.78, 5) is 14.4. The van der Waals surface area contributed by atoms with Crippen molar-refractivity contribution in [1.29, 1.82) is 0 Å². The predicted molar refractivity (Wildman–Crippen MR) is 88.7 cm³/mol. The number of carbonyl (C=O) groups is 1. The van der Waals surface area contributed by atoms with Gasteiger partial charge < -0.3 is 15.1 Å². The quantitative estimate of drug-likeness (QED) is 0.894. The summed E-state index contributed by atoms with van der Waals surface area (Å²) in [5.41, 5.74) is 1.26. The van der Waals surface area contributed by atoms with Crippen LogP contribution in [0, 0.1) is 11.8 Å². The maximum absolute atomic E-state index is 12.5. The minimum Gasteiger partial charge on any atom is -0.392 e. The van der Waals surface area contributed by atoms with Gasteiger partial charge in [0.25, 0.3) is 0 Å². The van der Waals surface area contributed by atoms with E-state index in [1.54, 1.807) is 0 Å². The Kier molecular flexibility index (Phi) is 4.74. The number of carbonyl (C=O) groups excluding carboxylic acids is 1. The van der Waals surface area contributed by atoms with Gasteiger partial charge in [0, 0.05) is 19.0 Å². The fourth-order valence-electron chi connectivity index (χ4n) is 3.93. The molecule has 1 saturated heterocycles. The second-order valence-corrected chi connectivity index (χ2v) is 7.26. The van der Waals surface area contributed by atoms with Crippen LogP contribution < -0.4 is 0 Å². The van der Waals surface area contributed by atoms with Gasteiger partial charge >= 0.3 is 0 Å². The first-order chi connectivity index (χ1) is 11.0. The lowest BCUT2D eigenvalue weighted by molar-refractivity contribution is -0.150. The lowest BCUT2D eigenvalue weighted by atomic mass is 9.65. The summed E-state index contributed by atoms with van der Waals surface area (Å²) in [5, 5.41) is 20.0. The molecule has 1 aliphatic carbocycles. The van der Waals surface area contributed by atoms with E-state index < -0.39 is 5.60 Å². The molecule has 0 radical (unpaired) electrons. The fourth-order valence-corrected chi connectivity index (χ4v) is 3.93. The molecule has 23 heavy (non-hydrogen) atoms. The first-order valence-corrected chi connectivity index (χ1v) is 8.72. The van der Waals surface area contributed by atoms with Crippen LogP contribution in [0.25, 0.3) is 0 Å². The van der Waals surface area contributed by atoms with Crippen LogP contribution in [0.15, 0.2) is 24.3 Å². The van der Waals surface area contributed by atoms with E-state index in [0.717, 1.165) is 24.0 Å². The second kappa shape index (κ2) is 6.62. The normalized spacial score (nSPS) is 28.5. The summed E-state index contributed by atoms with van der Waals surface area (Å²) in [6.45, 7) is 3.41. The van der Waals surface area contributed by atoms with Crippen LogP contribution in [0.2, 0.25) is 0 Å². The molecule has 0 bridgehead atoms. The molecule has 2 aliphatic rings. The van der Waals surface area contributed by atoms with Crippen molar-refractivity contribution in [2.45, 2.75) is 51.2 Å². The number of likely N-dealkylation sites (tertiary alicyclic amines) is 1. The molecule has 1 heterocycles. The van der Waals surface area contributed by atoms with Crippen molar-refractivity contribution in [3.05, 3.63) is 35.4 Å². The van der Waals surface area contributed by atoms with Crippen molar-refractivity contribution in [3.63, 3.8) is 0 Å². The number of benzene rings is 1. The van der Waals surface area contributed by atoms with E-state index in [-0.39, 0.29) is 18.4 Å². The summed E-state index contributed by atoms with van der Waals surface area (Å²) in [7, 11) is 0. The third-order valence-electron chi connectivity index (χ3n) is 5.86. The number of nitrogens with zero attached hydrogens (tertiary/aromatic N) is 1. The van der Waals surface area contributed by atoms with Crippen LogP contribution in [0.1, 0.15) is 43.7 Å². The molecule has 1 saturated carbocycles. The first-order valence-electron chi connectivity index (χ1n) is 8.72. The maximum Gasteiger partial charge on any atom is 0.227 e. The Bertz CT molecular complexity index is 552. The third kappa shape index (κ3) is 3.29. The molecular formula is C19H27NO3. The highest BCUT2D eigenvalue weighted by Gasteiger charge is 2.47. The smallest absolute Gasteiger partial charge is 0.227 e. The minimum absolute atomic E-state index is 0.0254. The number of amides is 1. The van der Waals surface area contributed by atoms with Gasteiger partial charge in [0.05, 0.1) is 18.6 Å². The van der Waals surface area contributed by atoms with Crippen LogP contribution in [0.4, 0.5) is 0 Å². The van der Waals surface area contributed by atoms with Gasteiger partial charge in [0.1, 0.15) is 0 Å². The molecule has 1 amide bonds. The minimum atomic E-state index is -0.572. The van der Waals surface area contributed by atoms with Gasteiger partial charge in [-0.2, -0.15) is 0 Å². The SMILES string of the molecule is C[C@@H]1CN(C(=O)Cc2ccc(CO)cc2)CC[C@@]1(O)C1CCC1. The van der Waals surface area contributed by atoms with E-state index in [0.29, 0.717) is 31.8 Å². The van der Waals surface area contributed by atoms with Gasteiger partial charge in [0.2, 0.25) is 5.91 Å². The molecule has 2 fully saturated rings. The van der Waals surface area contributed by atoms with Gasteiger partial charge in [-0.1, -0.05) is 37.6 Å². The Morgan fingerprint density at radius 3 is 2.43 bits per heavy atom. The predicted octanol–water partition coefficient (Wildman–Crippen LogP) is 2.12. The van der Waals surface area contributed by atoms with Crippen molar-refractivity contribution >= 4 is 5.91 Å². The van der Waals surface area contributed by atoms with Crippen molar-refractivity contribution in [2.75, 3.05) is 13.1 Å². The highest BCUT2D eigenvalue weighted by atomic mass is 16.3. The highest BCUT2D eigenvalue weighted by molar-refractivity contribution is 5.79. The number of piperidine rings is 1. The molecule has 0 spiro atoms. The highest BCUT2D eigenvalue weighted by Crippen LogP contribution is 2.44. The summed E-state index contributed by atoms with van der Waals surface area (Å²) in [5.74, 6) is 0.701. The second-order valence-electron chi connectivity index (χ2n) is 7.26. The molecule has 1 aromatic carbocycles. The Morgan fingerprint density at radius 2 is 1.91 bits per heavy atom. The molecule has 3 rings (SSSR count). The third-order valence-corrected chi connectivity index (χ3v) is 5.86. The molecule has 1 aromatic rings. The number of rotatable bonds is 4. The van der Waals surface area contributed by atoms with Crippen molar-refractivity contribution in [3.8, 4) is 0 Å². The first kappa shape index (κ1) is 16.5. The van der Waals surface area contributed by atoms with E-state index in [1.165, 1.54) is 6.42 Å². The standard InChI is InChI=1S/C19H27NO3/c1-14-12-20(10-9-19(14,23)17-3-2-4-17)18(22)11-15-5-7-16(13-21)8-6-15/h5-8,14,17,21,23H,2-4,9-13H2,1H3/t14-,19+/m1/s1. The maximum atomic E-state index is 12.5. The van der Waals surface area contributed by atoms with Crippen molar-refractivity contribution in [2.24, 2.45) is 11.8 Å². The van der Waals surface area contributed by atoms with E-state index in [4.69, 9.17) is 5.11 Å². The zero-order valence-electron chi connectivity index (χ0n) is 13.9. The van der Waals surface area contributed by atoms with Gasteiger partial charge in [-0.15, -0.1) is 0 Å². The lowest BCUT2D eigenvalue weighted by Crippen LogP contribution is -2.57. The monoisotopic (exact) mass is 317 g/mol. The molecule has 4 heteroatoms. The Labute approximate surface area is 138 Å². The van der Waals surface area contributed by atoms with Crippen LogP contribution in [0.3, 0.4) is 0 Å². The number of hydrogen-bond acceptors (Lipinski definition) is 3. The summed E-state index contributed by atoms with van der Waals surface area (Å²) in [6.07, 6.45) is 4.58. The zero-order chi connectivity index (χ0) is 16.4. The van der Waals surface area contributed by atoms with Crippen molar-refractivity contribution < 1.29 is 15.0 Å². The largest absolute Gasteiger partial charge is 0.392 e. The van der Waals surface area contributed by atoms with E-state index in [9.17, 15) is 9.90 Å². The van der Waals surface area contributed by atoms with Crippen LogP contribution in [0.5, 0.6) is 0 Å². The molecule has 1 aliphatic heterocycles. The molecule has 2 N–H and O–H groups in total. The Morgan fingerprint density at radius 1 is 1.26 bits per heavy atom. The molecule has 0 unspecified atom stereocenters. The molecule has 4 nitrogen and oxygen atoms in total. The van der Waals surface area contributed by atoms with Gasteiger partial charge in [-0.3, -0.25) is 4.79 Å². The van der Waals surface area contributed by atoms with E-state index in [1.807, 2.05) is 29.2 Å². The zero-order valence-corrected chi connectivity index (χ0v) is 13.9. The number of aliphatic hydroxyl groups excluding tert-OH is 1. The van der Waals surface area contributed by atoms with Gasteiger partial charge in [-0.05, 0) is 36.3 Å². The molecule has 126 valence electrons. The number of hydrogen-bond donors (Lipinski definition) is 2. The Hall–Kier alpha value is -1.39. The fraction of sp³-hybridized carbons (Fsp3) is 0.632. The van der Waals surface area contributed by atoms with Crippen LogP contribution >= 0.6 is 0 Å². The summed E-state index contributed by atoms with van der Waals surface area (Å²) >= 11 is 0. The van der Waals surface area contributed by atoms with E-state index >= 15 is 0 Å². The Balaban J connectivity index is 1.58. The number of aliphatic hydroxyl groups is 2. The van der Waals surface area contributed by atoms with Crippen molar-refractivity contribution in [1.82, 2.24) is 4.90 Å². The van der Waals surface area contributed by atoms with E-state index in [2.05, 4.69) is 6.92 Å². The lowest BCUT2D eigenvalue weighted by Gasteiger charge is -2.50. The average molecular weight is 317 g/mol. The van der Waals surface area contributed by atoms with Gasteiger partial charge in [-0.25, -0.2) is 0 Å². The average Bonchev–Trinajstić information content (AvgIpc) is 2.49. The summed E-state index contributed by atoms with van der Waals surface area (Å²) < 4.78 is 0. The topological polar surface area (TPSA) is 60.8 Å². The summed E-state index contributed by atoms with van der Waals surface area (Å²) in [6, 6.07) is 7.52. The van der Waals surface area contributed by atoms with Gasteiger partial charge in [0.15, 0.2) is 0 Å². The molecule has 0 aromatic heterocycles. The van der Waals surface area contributed by atoms with Crippen LogP contribution in [-0.2, 0) is 17.8 Å². The van der Waals surface area contributed by atoms with Crippen LogP contribution in [-0.4, -0.2) is 39.7 Å². The molecule has 2 atom stereocenters. The molecular weight excluding hydrogens is 290 g/mol.